The maximum atomic E-state index is 12.9. The van der Waals surface area contributed by atoms with Gasteiger partial charge in [0.2, 0.25) is 0 Å². The highest BCUT2D eigenvalue weighted by Crippen LogP contribution is 2.38. The first-order valence-electron chi connectivity index (χ1n) is 8.30. The van der Waals surface area contributed by atoms with Crippen LogP contribution in [0.25, 0.3) is 16.7 Å². The molecule has 2 aromatic carbocycles. The van der Waals surface area contributed by atoms with Crippen molar-refractivity contribution in [3.8, 4) is 11.1 Å². The van der Waals surface area contributed by atoms with Crippen LogP contribution in [-0.4, -0.2) is 17.3 Å². The molecule has 0 heterocycles. The van der Waals surface area contributed by atoms with Gasteiger partial charge in [-0.1, -0.05) is 62.4 Å². The van der Waals surface area contributed by atoms with E-state index in [1.807, 2.05) is 50.2 Å². The van der Waals surface area contributed by atoms with Crippen molar-refractivity contribution in [2.24, 2.45) is 5.41 Å². The highest BCUT2D eigenvalue weighted by molar-refractivity contribution is 6.31. The Labute approximate surface area is 147 Å². The Kier molecular flexibility index (Phi) is 4.25. The fraction of sp³-hybridized carbons (Fsp3) is 0.227. The zero-order chi connectivity index (χ0) is 18.2. The third kappa shape index (κ3) is 3.22. The van der Waals surface area contributed by atoms with Gasteiger partial charge < -0.3 is 0 Å². The first kappa shape index (κ1) is 17.0. The van der Waals surface area contributed by atoms with Crippen molar-refractivity contribution in [2.75, 3.05) is 0 Å². The molecule has 0 N–H and O–H groups in total. The lowest BCUT2D eigenvalue weighted by Gasteiger charge is -2.28. The van der Waals surface area contributed by atoms with E-state index in [1.165, 1.54) is 13.0 Å². The molecule has 2 aromatic rings. The van der Waals surface area contributed by atoms with E-state index in [2.05, 4.69) is 0 Å². The van der Waals surface area contributed by atoms with E-state index in [0.29, 0.717) is 11.1 Å². The van der Waals surface area contributed by atoms with Gasteiger partial charge in [0.1, 0.15) is 0 Å². The fourth-order valence-electron chi connectivity index (χ4n) is 3.21. The smallest absolute Gasteiger partial charge is 0.169 e. The van der Waals surface area contributed by atoms with Gasteiger partial charge in [-0.15, -0.1) is 0 Å². The van der Waals surface area contributed by atoms with Gasteiger partial charge in [-0.05, 0) is 29.7 Å². The van der Waals surface area contributed by atoms with Gasteiger partial charge in [0.05, 0.1) is 0 Å². The molecule has 0 aromatic heterocycles. The molecular weight excluding hydrogens is 312 g/mol. The Bertz CT molecular complexity index is 899. The molecule has 1 aliphatic rings. The van der Waals surface area contributed by atoms with Crippen LogP contribution in [0.2, 0.25) is 0 Å². The van der Waals surface area contributed by atoms with Crippen molar-refractivity contribution in [1.82, 2.24) is 0 Å². The van der Waals surface area contributed by atoms with Crippen molar-refractivity contribution < 1.29 is 14.4 Å². The van der Waals surface area contributed by atoms with Crippen LogP contribution in [0.3, 0.4) is 0 Å². The Morgan fingerprint density at radius 2 is 1.52 bits per heavy atom. The van der Waals surface area contributed by atoms with Crippen LogP contribution in [0.4, 0.5) is 0 Å². The monoisotopic (exact) mass is 332 g/mol. The molecule has 0 atom stereocenters. The zero-order valence-corrected chi connectivity index (χ0v) is 14.6. The van der Waals surface area contributed by atoms with Crippen molar-refractivity contribution in [3.63, 3.8) is 0 Å². The first-order valence-corrected chi connectivity index (χ1v) is 8.30. The Morgan fingerprint density at radius 3 is 2.12 bits per heavy atom. The minimum Gasteiger partial charge on any atom is -0.295 e. The van der Waals surface area contributed by atoms with E-state index >= 15 is 0 Å². The summed E-state index contributed by atoms with van der Waals surface area (Å²) in [5.41, 5.74) is 2.96. The molecule has 0 saturated carbocycles. The number of allylic oxidation sites excluding steroid dienone is 2. The number of ketones is 3. The number of Topliss-reactive ketones (excluding diaryl/α,β-unsaturated/α-hetero) is 2. The maximum Gasteiger partial charge on any atom is 0.169 e. The molecule has 0 amide bonds. The normalized spacial score (nSPS) is 16.5. The summed E-state index contributed by atoms with van der Waals surface area (Å²) in [6, 6.07) is 14.9. The molecular formula is C22H20O3. The third-order valence-corrected chi connectivity index (χ3v) is 4.60. The SMILES string of the molecule is CC(=O)c1ccc(-c2ccccc2C2=CC(=O)CC(C)(C)C2=O)cc1. The number of rotatable bonds is 3. The van der Waals surface area contributed by atoms with Crippen LogP contribution >= 0.6 is 0 Å². The molecule has 25 heavy (non-hydrogen) atoms. The molecule has 3 nitrogen and oxygen atoms in total. The largest absolute Gasteiger partial charge is 0.295 e. The molecule has 0 unspecified atom stereocenters. The standard InChI is InChI=1S/C22H20O3/c1-14(23)15-8-10-16(11-9-15)18-6-4-5-7-19(18)20-12-17(24)13-22(2,3)21(20)25/h4-12H,13H2,1-3H3. The number of hydrogen-bond donors (Lipinski definition) is 0. The summed E-state index contributed by atoms with van der Waals surface area (Å²) in [5.74, 6) is -0.0291. The molecule has 0 radical (unpaired) electrons. The second-order valence-electron chi connectivity index (χ2n) is 7.09. The van der Waals surface area contributed by atoms with Crippen molar-refractivity contribution in [2.45, 2.75) is 27.2 Å². The van der Waals surface area contributed by atoms with Crippen molar-refractivity contribution in [3.05, 3.63) is 65.7 Å². The fourth-order valence-corrected chi connectivity index (χ4v) is 3.21. The minimum absolute atomic E-state index is 0.0114. The van der Waals surface area contributed by atoms with Crippen molar-refractivity contribution >= 4 is 22.9 Å². The minimum atomic E-state index is -0.688. The van der Waals surface area contributed by atoms with Crippen LogP contribution in [0.15, 0.2) is 54.6 Å². The molecule has 3 heteroatoms. The molecule has 1 aliphatic carbocycles. The van der Waals surface area contributed by atoms with Gasteiger partial charge in [-0.3, -0.25) is 14.4 Å². The number of carbonyl (C=O) groups is 3. The van der Waals surface area contributed by atoms with Crippen LogP contribution in [0.1, 0.15) is 43.1 Å². The van der Waals surface area contributed by atoms with Gasteiger partial charge in [0.25, 0.3) is 0 Å². The number of carbonyl (C=O) groups excluding carboxylic acids is 3. The summed E-state index contributed by atoms with van der Waals surface area (Å²) in [5, 5.41) is 0. The number of benzene rings is 2. The highest BCUT2D eigenvalue weighted by Gasteiger charge is 2.37. The predicted octanol–water partition coefficient (Wildman–Crippen LogP) is 4.51. The van der Waals surface area contributed by atoms with E-state index in [9.17, 15) is 14.4 Å². The van der Waals surface area contributed by atoms with E-state index in [1.54, 1.807) is 12.1 Å². The molecule has 0 saturated heterocycles. The van der Waals surface area contributed by atoms with Crippen LogP contribution < -0.4 is 0 Å². The highest BCUT2D eigenvalue weighted by atomic mass is 16.1. The molecule has 3 rings (SSSR count). The number of hydrogen-bond acceptors (Lipinski definition) is 3. The Balaban J connectivity index is 2.12. The Morgan fingerprint density at radius 1 is 0.920 bits per heavy atom. The topological polar surface area (TPSA) is 51.2 Å². The van der Waals surface area contributed by atoms with Gasteiger partial charge in [-0.25, -0.2) is 0 Å². The lowest BCUT2D eigenvalue weighted by molar-refractivity contribution is -0.127. The quantitative estimate of drug-likeness (QED) is 0.777. The van der Waals surface area contributed by atoms with E-state index in [-0.39, 0.29) is 23.8 Å². The molecule has 0 aliphatic heterocycles. The summed E-state index contributed by atoms with van der Waals surface area (Å²) in [4.78, 5) is 36.4. The van der Waals surface area contributed by atoms with Crippen LogP contribution in [0, 0.1) is 5.41 Å². The Hall–Kier alpha value is -2.81. The summed E-state index contributed by atoms with van der Waals surface area (Å²) in [6.07, 6.45) is 1.71. The zero-order valence-electron chi connectivity index (χ0n) is 14.6. The lowest BCUT2D eigenvalue weighted by atomic mass is 9.73. The van der Waals surface area contributed by atoms with Gasteiger partial charge in [-0.2, -0.15) is 0 Å². The summed E-state index contributed by atoms with van der Waals surface area (Å²) in [6.45, 7) is 5.15. The van der Waals surface area contributed by atoms with E-state index in [0.717, 1.165) is 16.7 Å². The molecule has 0 fully saturated rings. The molecule has 126 valence electrons. The third-order valence-electron chi connectivity index (χ3n) is 4.60. The molecule has 0 spiro atoms. The van der Waals surface area contributed by atoms with Gasteiger partial charge >= 0.3 is 0 Å². The summed E-state index contributed by atoms with van der Waals surface area (Å²) >= 11 is 0. The van der Waals surface area contributed by atoms with Crippen LogP contribution in [-0.2, 0) is 9.59 Å². The van der Waals surface area contributed by atoms with Gasteiger partial charge in [0.15, 0.2) is 17.3 Å². The lowest BCUT2D eigenvalue weighted by Crippen LogP contribution is -2.32. The average molecular weight is 332 g/mol. The first-order chi connectivity index (χ1) is 11.8. The summed E-state index contributed by atoms with van der Waals surface area (Å²) < 4.78 is 0. The average Bonchev–Trinajstić information content (AvgIpc) is 2.58. The second kappa shape index (κ2) is 6.25. The molecule has 0 bridgehead atoms. The van der Waals surface area contributed by atoms with Gasteiger partial charge in [0, 0.05) is 23.0 Å². The van der Waals surface area contributed by atoms with Crippen molar-refractivity contribution in [1.29, 1.82) is 0 Å². The van der Waals surface area contributed by atoms with E-state index in [4.69, 9.17) is 0 Å². The van der Waals surface area contributed by atoms with Crippen LogP contribution in [0.5, 0.6) is 0 Å². The second-order valence-corrected chi connectivity index (χ2v) is 7.09. The van der Waals surface area contributed by atoms with E-state index < -0.39 is 5.41 Å². The summed E-state index contributed by atoms with van der Waals surface area (Å²) in [7, 11) is 0. The maximum absolute atomic E-state index is 12.9. The predicted molar refractivity (Wildman–Crippen MR) is 98.3 cm³/mol.